The first-order chi connectivity index (χ1) is 12.0. The van der Waals surface area contributed by atoms with Crippen LogP contribution in [0.2, 0.25) is 0 Å². The summed E-state index contributed by atoms with van der Waals surface area (Å²) in [6, 6.07) is 9.77. The zero-order valence-electron chi connectivity index (χ0n) is 13.2. The Labute approximate surface area is 144 Å². The van der Waals surface area contributed by atoms with Crippen LogP contribution in [0, 0.1) is 0 Å². The number of sulfonamides is 1. The Bertz CT molecular complexity index is 1100. The predicted molar refractivity (Wildman–Crippen MR) is 93.5 cm³/mol. The maximum absolute atomic E-state index is 12.7. The van der Waals surface area contributed by atoms with Crippen LogP contribution < -0.4 is 4.90 Å². The van der Waals surface area contributed by atoms with Crippen molar-refractivity contribution in [3.05, 3.63) is 59.1 Å². The van der Waals surface area contributed by atoms with Crippen molar-refractivity contribution in [3.8, 4) is 0 Å². The van der Waals surface area contributed by atoms with E-state index < -0.39 is 10.0 Å². The van der Waals surface area contributed by atoms with Gasteiger partial charge in [-0.3, -0.25) is 9.52 Å². The van der Waals surface area contributed by atoms with E-state index >= 15 is 0 Å². The van der Waals surface area contributed by atoms with E-state index in [2.05, 4.69) is 14.7 Å². The molecule has 126 valence electrons. The van der Waals surface area contributed by atoms with E-state index in [0.717, 1.165) is 0 Å². The largest absolute Gasteiger partial charge is 0.366 e. The summed E-state index contributed by atoms with van der Waals surface area (Å²) in [5.74, 6) is -0.252. The number of hydrogen-bond acceptors (Lipinski definition) is 5. The third-order valence-electron chi connectivity index (χ3n) is 4.09. The topological polar surface area (TPSA) is 94.3 Å². The zero-order valence-corrected chi connectivity index (χ0v) is 14.1. The van der Waals surface area contributed by atoms with Gasteiger partial charge < -0.3 is 14.9 Å². The molecule has 0 saturated carbocycles. The molecule has 0 spiro atoms. The van der Waals surface area contributed by atoms with E-state index in [1.807, 2.05) is 6.92 Å². The molecule has 1 aliphatic rings. The molecule has 0 atom stereocenters. The van der Waals surface area contributed by atoms with Gasteiger partial charge in [-0.15, -0.1) is 0 Å². The third kappa shape index (κ3) is 2.33. The van der Waals surface area contributed by atoms with Gasteiger partial charge in [0.2, 0.25) is 10.0 Å². The SMILES string of the molecule is CCN1C(=O)c2cccc3c(S(=O)(=O)[N-]c4ncccn4)ccc1c23. The van der Waals surface area contributed by atoms with Crippen molar-refractivity contribution in [1.82, 2.24) is 9.97 Å². The Morgan fingerprint density at radius 2 is 1.84 bits per heavy atom. The van der Waals surface area contributed by atoms with Gasteiger partial charge in [0.1, 0.15) is 0 Å². The molecule has 2 heterocycles. The molecule has 1 aliphatic heterocycles. The number of carbonyl (C=O) groups is 1. The summed E-state index contributed by atoms with van der Waals surface area (Å²) in [4.78, 5) is 21.8. The van der Waals surface area contributed by atoms with Crippen LogP contribution in [-0.2, 0) is 10.0 Å². The highest BCUT2D eigenvalue weighted by Crippen LogP contribution is 2.41. The average Bonchev–Trinajstić information content (AvgIpc) is 2.89. The summed E-state index contributed by atoms with van der Waals surface area (Å²) < 4.78 is 29.2. The molecule has 8 heteroatoms. The normalized spacial score (nSPS) is 13.5. The van der Waals surface area contributed by atoms with Crippen LogP contribution in [0.3, 0.4) is 0 Å². The van der Waals surface area contributed by atoms with Crippen molar-refractivity contribution in [2.75, 3.05) is 11.4 Å². The fourth-order valence-corrected chi connectivity index (χ4v) is 4.15. The van der Waals surface area contributed by atoms with Crippen molar-refractivity contribution < 1.29 is 13.2 Å². The van der Waals surface area contributed by atoms with Crippen molar-refractivity contribution in [1.29, 1.82) is 0 Å². The first-order valence-electron chi connectivity index (χ1n) is 7.65. The van der Waals surface area contributed by atoms with E-state index in [1.54, 1.807) is 35.2 Å². The Morgan fingerprint density at radius 1 is 1.08 bits per heavy atom. The van der Waals surface area contributed by atoms with E-state index in [4.69, 9.17) is 0 Å². The Kier molecular flexibility index (Phi) is 3.43. The molecule has 25 heavy (non-hydrogen) atoms. The summed E-state index contributed by atoms with van der Waals surface area (Å²) >= 11 is 0. The molecule has 0 N–H and O–H groups in total. The quantitative estimate of drug-likeness (QED) is 0.718. The van der Waals surface area contributed by atoms with Crippen molar-refractivity contribution in [2.24, 2.45) is 0 Å². The van der Waals surface area contributed by atoms with Gasteiger partial charge in [0.25, 0.3) is 5.91 Å². The van der Waals surface area contributed by atoms with Crippen LogP contribution in [0.4, 0.5) is 11.6 Å². The lowest BCUT2D eigenvalue weighted by molar-refractivity contribution is 0.0994. The van der Waals surface area contributed by atoms with E-state index in [1.165, 1.54) is 18.5 Å². The van der Waals surface area contributed by atoms with Crippen LogP contribution in [0.1, 0.15) is 17.3 Å². The number of hydrogen-bond donors (Lipinski definition) is 0. The monoisotopic (exact) mass is 353 g/mol. The summed E-state index contributed by atoms with van der Waals surface area (Å²) in [5.41, 5.74) is 1.22. The molecule has 3 aromatic rings. The maximum atomic E-state index is 12.7. The second kappa shape index (κ2) is 5.52. The van der Waals surface area contributed by atoms with Gasteiger partial charge >= 0.3 is 0 Å². The standard InChI is InChI=1S/C17H13N4O3S/c1-2-21-13-7-8-14(11-5-3-6-12(15(11)13)16(21)22)25(23,24)20-17-18-9-4-10-19-17/h3-10H,2H2,1H3/q-1. The molecule has 0 bridgehead atoms. The summed E-state index contributed by atoms with van der Waals surface area (Å²) in [6.45, 7) is 2.39. The minimum atomic E-state index is -4.02. The van der Waals surface area contributed by atoms with Gasteiger partial charge in [-0.25, -0.2) is 8.42 Å². The zero-order chi connectivity index (χ0) is 17.6. The number of amides is 1. The minimum absolute atomic E-state index is 0.0336. The van der Waals surface area contributed by atoms with Gasteiger partial charge in [0, 0.05) is 28.8 Å². The van der Waals surface area contributed by atoms with E-state index in [-0.39, 0.29) is 16.8 Å². The highest BCUT2D eigenvalue weighted by molar-refractivity contribution is 7.94. The molecule has 4 rings (SSSR count). The first kappa shape index (κ1) is 15.5. The molecule has 0 saturated heterocycles. The van der Waals surface area contributed by atoms with Crippen molar-refractivity contribution in [3.63, 3.8) is 0 Å². The number of rotatable bonds is 4. The van der Waals surface area contributed by atoms with Gasteiger partial charge in [-0.1, -0.05) is 18.2 Å². The second-order valence-electron chi connectivity index (χ2n) is 5.48. The maximum Gasteiger partial charge on any atom is 0.258 e. The number of benzene rings is 2. The fourth-order valence-electron chi connectivity index (χ4n) is 3.05. The Balaban J connectivity index is 1.91. The fraction of sp³-hybridized carbons (Fsp3) is 0.118. The average molecular weight is 353 g/mol. The smallest absolute Gasteiger partial charge is 0.258 e. The highest BCUT2D eigenvalue weighted by atomic mass is 32.2. The first-order valence-corrected chi connectivity index (χ1v) is 9.09. The summed E-state index contributed by atoms with van der Waals surface area (Å²) in [5, 5.41) is 1.11. The molecule has 1 aromatic heterocycles. The summed E-state index contributed by atoms with van der Waals surface area (Å²) in [7, 11) is -4.02. The van der Waals surface area contributed by atoms with Crippen molar-refractivity contribution >= 4 is 38.3 Å². The lowest BCUT2D eigenvalue weighted by Gasteiger charge is -2.16. The number of carbonyl (C=O) groups excluding carboxylic acids is 1. The van der Waals surface area contributed by atoms with Gasteiger partial charge in [0.05, 0.1) is 10.6 Å². The lowest BCUT2D eigenvalue weighted by atomic mass is 10.1. The van der Waals surface area contributed by atoms with Gasteiger partial charge in [-0.2, -0.15) is 0 Å². The number of aromatic nitrogens is 2. The molecule has 1 amide bonds. The molecular formula is C17H13N4O3S-. The molecule has 7 nitrogen and oxygen atoms in total. The lowest BCUT2D eigenvalue weighted by Crippen LogP contribution is -2.25. The molecule has 0 unspecified atom stereocenters. The minimum Gasteiger partial charge on any atom is -0.366 e. The van der Waals surface area contributed by atoms with Gasteiger partial charge in [0.15, 0.2) is 0 Å². The Morgan fingerprint density at radius 3 is 2.56 bits per heavy atom. The highest BCUT2D eigenvalue weighted by Gasteiger charge is 2.30. The molecular weight excluding hydrogens is 340 g/mol. The van der Waals surface area contributed by atoms with Crippen LogP contribution >= 0.6 is 0 Å². The summed E-state index contributed by atoms with van der Waals surface area (Å²) in [6.07, 6.45) is 2.85. The molecule has 0 radical (unpaired) electrons. The van der Waals surface area contributed by atoms with E-state index in [0.29, 0.717) is 28.6 Å². The molecule has 0 aliphatic carbocycles. The van der Waals surface area contributed by atoms with Gasteiger partial charge in [-0.05, 0) is 37.5 Å². The number of anilines is 1. The van der Waals surface area contributed by atoms with Crippen LogP contribution in [0.5, 0.6) is 0 Å². The van der Waals surface area contributed by atoms with Crippen LogP contribution in [0.15, 0.2) is 53.7 Å². The number of nitrogens with zero attached hydrogens (tertiary/aromatic N) is 4. The second-order valence-corrected chi connectivity index (χ2v) is 7.05. The predicted octanol–water partition coefficient (Wildman–Crippen LogP) is 3.00. The van der Waals surface area contributed by atoms with Crippen LogP contribution in [0.25, 0.3) is 15.5 Å². The third-order valence-corrected chi connectivity index (χ3v) is 5.41. The van der Waals surface area contributed by atoms with Crippen molar-refractivity contribution in [2.45, 2.75) is 11.8 Å². The molecule has 2 aromatic carbocycles. The van der Waals surface area contributed by atoms with E-state index in [9.17, 15) is 13.2 Å². The molecule has 0 fully saturated rings. The van der Waals surface area contributed by atoms with Crippen LogP contribution in [-0.4, -0.2) is 30.8 Å². The Hall–Kier alpha value is -3.00.